The molecule has 0 atom stereocenters. The van der Waals surface area contributed by atoms with Crippen molar-refractivity contribution in [1.82, 2.24) is 15.1 Å². The third-order valence-electron chi connectivity index (χ3n) is 2.44. The fourth-order valence-electron chi connectivity index (χ4n) is 1.45. The highest BCUT2D eigenvalue weighted by atomic mass is 16.5. The molecule has 0 aromatic carbocycles. The van der Waals surface area contributed by atoms with Gasteiger partial charge in [0.05, 0.1) is 6.42 Å². The van der Waals surface area contributed by atoms with Crippen LogP contribution in [0.1, 0.15) is 24.4 Å². The topological polar surface area (TPSA) is 63.8 Å². The molecular formula is C11H12N4O. The molecule has 5 nitrogen and oxygen atoms in total. The van der Waals surface area contributed by atoms with Crippen LogP contribution in [0.25, 0.3) is 0 Å². The zero-order valence-electron chi connectivity index (χ0n) is 8.76. The Morgan fingerprint density at radius 2 is 2.31 bits per heavy atom. The maximum Gasteiger partial charge on any atom is 0.321 e. The van der Waals surface area contributed by atoms with Gasteiger partial charge >= 0.3 is 6.01 Å². The Hall–Kier alpha value is -1.91. The molecule has 2 heterocycles. The number of aromatic nitrogens is 3. The Morgan fingerprint density at radius 1 is 1.38 bits per heavy atom. The highest BCUT2D eigenvalue weighted by Gasteiger charge is 2.23. The summed E-state index contributed by atoms with van der Waals surface area (Å²) in [5.74, 6) is 0.668. The summed E-state index contributed by atoms with van der Waals surface area (Å²) in [6.07, 6.45) is 4.76. The highest BCUT2D eigenvalue weighted by Crippen LogP contribution is 2.23. The van der Waals surface area contributed by atoms with Crippen LogP contribution in [-0.2, 0) is 6.42 Å². The summed E-state index contributed by atoms with van der Waals surface area (Å²) in [5, 5.41) is 7.07. The summed E-state index contributed by atoms with van der Waals surface area (Å²) in [4.78, 5) is 8.47. The Bertz CT molecular complexity index is 464. The van der Waals surface area contributed by atoms with Crippen LogP contribution in [0.3, 0.4) is 0 Å². The van der Waals surface area contributed by atoms with E-state index in [9.17, 15) is 0 Å². The van der Waals surface area contributed by atoms with Gasteiger partial charge in [0.1, 0.15) is 0 Å². The number of nitrogens with zero attached hydrogens (tertiary/aromatic N) is 3. The van der Waals surface area contributed by atoms with E-state index in [0.29, 0.717) is 24.3 Å². The van der Waals surface area contributed by atoms with Crippen LogP contribution >= 0.6 is 0 Å². The Kier molecular flexibility index (Phi) is 2.29. The smallest absolute Gasteiger partial charge is 0.321 e. The highest BCUT2D eigenvalue weighted by molar-refractivity contribution is 5.24. The Labute approximate surface area is 92.9 Å². The van der Waals surface area contributed by atoms with Crippen molar-refractivity contribution in [3.05, 3.63) is 35.9 Å². The van der Waals surface area contributed by atoms with Crippen molar-refractivity contribution in [2.75, 3.05) is 5.32 Å². The zero-order valence-corrected chi connectivity index (χ0v) is 8.76. The maximum absolute atomic E-state index is 5.09. The van der Waals surface area contributed by atoms with Gasteiger partial charge in [-0.05, 0) is 25.0 Å². The second-order valence-electron chi connectivity index (χ2n) is 3.93. The van der Waals surface area contributed by atoms with Crippen LogP contribution in [0.2, 0.25) is 0 Å². The van der Waals surface area contributed by atoms with Gasteiger partial charge in [-0.1, -0.05) is 11.2 Å². The number of rotatable bonds is 4. The van der Waals surface area contributed by atoms with Crippen molar-refractivity contribution in [1.29, 1.82) is 0 Å². The van der Waals surface area contributed by atoms with Crippen molar-refractivity contribution in [2.45, 2.75) is 25.3 Å². The van der Waals surface area contributed by atoms with Crippen LogP contribution in [-0.4, -0.2) is 21.2 Å². The number of nitrogens with one attached hydrogen (secondary N) is 1. The second-order valence-corrected chi connectivity index (χ2v) is 3.93. The summed E-state index contributed by atoms with van der Waals surface area (Å²) >= 11 is 0. The summed E-state index contributed by atoms with van der Waals surface area (Å²) in [6.45, 7) is 0. The molecule has 1 aliphatic carbocycles. The second kappa shape index (κ2) is 3.92. The fraction of sp³-hybridized carbons (Fsp3) is 0.364. The van der Waals surface area contributed by atoms with Crippen molar-refractivity contribution in [3.8, 4) is 0 Å². The van der Waals surface area contributed by atoms with Gasteiger partial charge in [0.2, 0.25) is 0 Å². The number of hydrogen-bond acceptors (Lipinski definition) is 5. The fourth-order valence-corrected chi connectivity index (χ4v) is 1.45. The first-order valence-corrected chi connectivity index (χ1v) is 5.39. The van der Waals surface area contributed by atoms with E-state index in [1.54, 1.807) is 6.20 Å². The predicted octanol–water partition coefficient (Wildman–Crippen LogP) is 1.63. The van der Waals surface area contributed by atoms with Gasteiger partial charge in [0, 0.05) is 17.9 Å². The summed E-state index contributed by atoms with van der Waals surface area (Å²) in [5.41, 5.74) is 0.946. The molecule has 1 aliphatic rings. The van der Waals surface area contributed by atoms with E-state index in [4.69, 9.17) is 4.52 Å². The van der Waals surface area contributed by atoms with Crippen molar-refractivity contribution in [2.24, 2.45) is 0 Å². The molecule has 0 amide bonds. The van der Waals surface area contributed by atoms with E-state index >= 15 is 0 Å². The van der Waals surface area contributed by atoms with E-state index < -0.39 is 0 Å². The van der Waals surface area contributed by atoms with Crippen LogP contribution in [0.4, 0.5) is 6.01 Å². The molecule has 0 unspecified atom stereocenters. The number of pyridine rings is 1. The van der Waals surface area contributed by atoms with Gasteiger partial charge in [-0.2, -0.15) is 4.98 Å². The molecule has 0 aliphatic heterocycles. The van der Waals surface area contributed by atoms with Crippen LogP contribution in [0.15, 0.2) is 28.9 Å². The molecule has 1 saturated carbocycles. The average Bonchev–Trinajstić information content (AvgIpc) is 3.01. The van der Waals surface area contributed by atoms with Crippen molar-refractivity contribution in [3.63, 3.8) is 0 Å². The summed E-state index contributed by atoms with van der Waals surface area (Å²) < 4.78 is 5.09. The summed E-state index contributed by atoms with van der Waals surface area (Å²) in [7, 11) is 0. The molecular weight excluding hydrogens is 204 g/mol. The Balaban J connectivity index is 1.67. The van der Waals surface area contributed by atoms with E-state index in [1.165, 1.54) is 12.8 Å². The lowest BCUT2D eigenvalue weighted by molar-refractivity contribution is 0.423. The molecule has 16 heavy (non-hydrogen) atoms. The van der Waals surface area contributed by atoms with Gasteiger partial charge in [-0.3, -0.25) is 4.98 Å². The SMILES string of the molecule is c1ccc(Cc2noc(NC3CC3)n2)nc1. The first-order chi connectivity index (χ1) is 7.90. The average molecular weight is 216 g/mol. The standard InChI is InChI=1S/C11H12N4O/c1-2-6-12-9(3-1)7-10-14-11(16-15-10)13-8-4-5-8/h1-3,6,8H,4-5,7H2,(H,13,14,15). The third-order valence-corrected chi connectivity index (χ3v) is 2.44. The molecule has 0 saturated heterocycles. The van der Waals surface area contributed by atoms with Crippen LogP contribution in [0.5, 0.6) is 0 Å². The Morgan fingerprint density at radius 3 is 3.06 bits per heavy atom. The molecule has 2 aromatic heterocycles. The normalized spacial score (nSPS) is 15.0. The lowest BCUT2D eigenvalue weighted by atomic mass is 10.3. The third kappa shape index (κ3) is 2.18. The molecule has 0 radical (unpaired) electrons. The number of hydrogen-bond donors (Lipinski definition) is 1. The van der Waals surface area contributed by atoms with Gasteiger partial charge in [0.15, 0.2) is 5.82 Å². The molecule has 1 fully saturated rings. The van der Waals surface area contributed by atoms with E-state index in [2.05, 4.69) is 20.4 Å². The van der Waals surface area contributed by atoms with Gasteiger partial charge in [0.25, 0.3) is 0 Å². The van der Waals surface area contributed by atoms with E-state index in [-0.39, 0.29) is 0 Å². The van der Waals surface area contributed by atoms with Gasteiger partial charge < -0.3 is 9.84 Å². The van der Waals surface area contributed by atoms with Gasteiger partial charge in [-0.25, -0.2) is 0 Å². The molecule has 82 valence electrons. The molecule has 1 N–H and O–H groups in total. The molecule has 3 rings (SSSR count). The minimum atomic E-state index is 0.522. The molecule has 2 aromatic rings. The first-order valence-electron chi connectivity index (χ1n) is 5.39. The van der Waals surface area contributed by atoms with E-state index in [0.717, 1.165) is 5.69 Å². The van der Waals surface area contributed by atoms with Crippen molar-refractivity contribution >= 4 is 6.01 Å². The minimum Gasteiger partial charge on any atom is -0.335 e. The van der Waals surface area contributed by atoms with Gasteiger partial charge in [-0.15, -0.1) is 0 Å². The molecule has 0 bridgehead atoms. The molecule has 5 heteroatoms. The molecule has 0 spiro atoms. The lowest BCUT2D eigenvalue weighted by Gasteiger charge is -1.94. The minimum absolute atomic E-state index is 0.522. The largest absolute Gasteiger partial charge is 0.335 e. The van der Waals surface area contributed by atoms with Crippen LogP contribution < -0.4 is 5.32 Å². The summed E-state index contributed by atoms with van der Waals surface area (Å²) in [6, 6.07) is 6.84. The lowest BCUT2D eigenvalue weighted by Crippen LogP contribution is -2.01. The van der Waals surface area contributed by atoms with Crippen molar-refractivity contribution < 1.29 is 4.52 Å². The van der Waals surface area contributed by atoms with E-state index in [1.807, 2.05) is 18.2 Å². The monoisotopic (exact) mass is 216 g/mol. The predicted molar refractivity (Wildman–Crippen MR) is 58.0 cm³/mol. The first kappa shape index (κ1) is 9.33. The number of anilines is 1. The zero-order chi connectivity index (χ0) is 10.8. The van der Waals surface area contributed by atoms with Crippen LogP contribution in [0, 0.1) is 0 Å². The maximum atomic E-state index is 5.09. The quantitative estimate of drug-likeness (QED) is 0.841.